The zero-order valence-corrected chi connectivity index (χ0v) is 12.1. The van der Waals surface area contributed by atoms with Crippen molar-refractivity contribution in [2.75, 3.05) is 10.5 Å². The van der Waals surface area contributed by atoms with Crippen LogP contribution in [0, 0.1) is 12.7 Å². The van der Waals surface area contributed by atoms with Gasteiger partial charge in [0.2, 0.25) is 0 Å². The lowest BCUT2D eigenvalue weighted by molar-refractivity contribution is 0.596. The van der Waals surface area contributed by atoms with E-state index in [1.165, 1.54) is 12.1 Å². The van der Waals surface area contributed by atoms with E-state index in [2.05, 4.69) is 4.72 Å². The fourth-order valence-corrected chi connectivity index (χ4v) is 2.91. The minimum Gasteiger partial charge on any atom is -0.396 e. The van der Waals surface area contributed by atoms with Crippen LogP contribution in [0.15, 0.2) is 41.3 Å². The Morgan fingerprint density at radius 2 is 1.95 bits per heavy atom. The summed E-state index contributed by atoms with van der Waals surface area (Å²) >= 11 is 5.92. The smallest absolute Gasteiger partial charge is 0.262 e. The summed E-state index contributed by atoms with van der Waals surface area (Å²) in [6, 6.07) is 8.16. The molecule has 20 heavy (non-hydrogen) atoms. The zero-order valence-electron chi connectivity index (χ0n) is 10.5. The maximum absolute atomic E-state index is 13.4. The van der Waals surface area contributed by atoms with Crippen LogP contribution in [0.25, 0.3) is 0 Å². The lowest BCUT2D eigenvalue weighted by Crippen LogP contribution is -2.14. The first-order valence-corrected chi connectivity index (χ1v) is 7.50. The van der Waals surface area contributed by atoms with Crippen molar-refractivity contribution in [1.29, 1.82) is 0 Å². The van der Waals surface area contributed by atoms with Gasteiger partial charge in [0.05, 0.1) is 16.3 Å². The third-order valence-electron chi connectivity index (χ3n) is 2.79. The van der Waals surface area contributed by atoms with Gasteiger partial charge in [-0.3, -0.25) is 4.72 Å². The Morgan fingerprint density at radius 1 is 1.25 bits per heavy atom. The molecule has 0 atom stereocenters. The van der Waals surface area contributed by atoms with Gasteiger partial charge in [0.1, 0.15) is 5.82 Å². The average Bonchev–Trinajstić information content (AvgIpc) is 2.38. The average molecular weight is 315 g/mol. The van der Waals surface area contributed by atoms with E-state index in [0.717, 1.165) is 6.07 Å². The fourth-order valence-electron chi connectivity index (χ4n) is 1.60. The monoisotopic (exact) mass is 314 g/mol. The normalized spacial score (nSPS) is 11.3. The van der Waals surface area contributed by atoms with Crippen LogP contribution >= 0.6 is 11.6 Å². The molecule has 0 aromatic heterocycles. The van der Waals surface area contributed by atoms with Gasteiger partial charge in [-0.15, -0.1) is 0 Å². The predicted molar refractivity (Wildman–Crippen MR) is 77.8 cm³/mol. The highest BCUT2D eigenvalue weighted by Crippen LogP contribution is 2.26. The second-order valence-corrected chi connectivity index (χ2v) is 6.29. The molecule has 0 saturated carbocycles. The molecule has 7 heteroatoms. The van der Waals surface area contributed by atoms with Crippen LogP contribution < -0.4 is 10.5 Å². The molecule has 4 nitrogen and oxygen atoms in total. The minimum atomic E-state index is -3.90. The van der Waals surface area contributed by atoms with E-state index in [-0.39, 0.29) is 10.6 Å². The molecule has 0 heterocycles. The van der Waals surface area contributed by atoms with Gasteiger partial charge in [0, 0.05) is 5.02 Å². The molecule has 0 spiro atoms. The maximum atomic E-state index is 13.4. The lowest BCUT2D eigenvalue weighted by atomic mass is 10.2. The SMILES string of the molecule is Cc1c(Cl)cccc1NS(=O)(=O)c1ccc(N)c(F)c1. The van der Waals surface area contributed by atoms with Gasteiger partial charge in [-0.2, -0.15) is 0 Å². The molecular weight excluding hydrogens is 303 g/mol. The Hall–Kier alpha value is -1.79. The third-order valence-corrected chi connectivity index (χ3v) is 4.57. The van der Waals surface area contributed by atoms with E-state index < -0.39 is 15.8 Å². The maximum Gasteiger partial charge on any atom is 0.262 e. The van der Waals surface area contributed by atoms with Crippen molar-refractivity contribution in [3.8, 4) is 0 Å². The summed E-state index contributed by atoms with van der Waals surface area (Å²) in [6.07, 6.45) is 0. The van der Waals surface area contributed by atoms with Crippen LogP contribution in [0.4, 0.5) is 15.8 Å². The summed E-state index contributed by atoms with van der Waals surface area (Å²) in [6.45, 7) is 1.68. The molecule has 0 aliphatic heterocycles. The lowest BCUT2D eigenvalue weighted by Gasteiger charge is -2.11. The van der Waals surface area contributed by atoms with Crippen LogP contribution in [-0.2, 0) is 10.0 Å². The van der Waals surface area contributed by atoms with Crippen LogP contribution in [0.5, 0.6) is 0 Å². The molecule has 0 unspecified atom stereocenters. The van der Waals surface area contributed by atoms with Crippen molar-refractivity contribution >= 4 is 33.0 Å². The van der Waals surface area contributed by atoms with Gasteiger partial charge in [-0.25, -0.2) is 12.8 Å². The summed E-state index contributed by atoms with van der Waals surface area (Å²) in [5.41, 5.74) is 6.15. The molecule has 0 fully saturated rings. The summed E-state index contributed by atoms with van der Waals surface area (Å²) in [5, 5.41) is 0.439. The van der Waals surface area contributed by atoms with Crippen LogP contribution in [-0.4, -0.2) is 8.42 Å². The fraction of sp³-hybridized carbons (Fsp3) is 0.0769. The number of rotatable bonds is 3. The van der Waals surface area contributed by atoms with E-state index in [9.17, 15) is 12.8 Å². The second-order valence-electron chi connectivity index (χ2n) is 4.20. The Kier molecular flexibility index (Phi) is 3.87. The van der Waals surface area contributed by atoms with Crippen molar-refractivity contribution in [1.82, 2.24) is 0 Å². The van der Waals surface area contributed by atoms with E-state index >= 15 is 0 Å². The third kappa shape index (κ3) is 2.86. The predicted octanol–water partition coefficient (Wildman–Crippen LogP) is 3.17. The van der Waals surface area contributed by atoms with E-state index in [4.69, 9.17) is 17.3 Å². The van der Waals surface area contributed by atoms with Gasteiger partial charge < -0.3 is 5.73 Å². The molecule has 2 aromatic carbocycles. The summed E-state index contributed by atoms with van der Waals surface area (Å²) in [7, 11) is -3.90. The van der Waals surface area contributed by atoms with Crippen molar-refractivity contribution in [2.45, 2.75) is 11.8 Å². The first kappa shape index (κ1) is 14.6. The molecule has 2 rings (SSSR count). The topological polar surface area (TPSA) is 72.2 Å². The Balaban J connectivity index is 2.41. The number of hydrogen-bond donors (Lipinski definition) is 2. The quantitative estimate of drug-likeness (QED) is 0.855. The Morgan fingerprint density at radius 3 is 2.60 bits per heavy atom. The number of benzene rings is 2. The summed E-state index contributed by atoms with van der Waals surface area (Å²) in [4.78, 5) is -0.205. The van der Waals surface area contributed by atoms with E-state index in [1.807, 2.05) is 0 Å². The summed E-state index contributed by atoms with van der Waals surface area (Å²) < 4.78 is 40.1. The number of hydrogen-bond acceptors (Lipinski definition) is 3. The molecule has 0 saturated heterocycles. The largest absolute Gasteiger partial charge is 0.396 e. The first-order chi connectivity index (χ1) is 9.31. The molecule has 0 aliphatic rings. The highest BCUT2D eigenvalue weighted by atomic mass is 35.5. The molecular formula is C13H12ClFN2O2S. The number of nitrogen functional groups attached to an aromatic ring is 1. The van der Waals surface area contributed by atoms with Crippen LogP contribution in [0.3, 0.4) is 0 Å². The van der Waals surface area contributed by atoms with Gasteiger partial charge in [0.15, 0.2) is 0 Å². The molecule has 0 radical (unpaired) electrons. The number of sulfonamides is 1. The molecule has 0 bridgehead atoms. The van der Waals surface area contributed by atoms with Crippen LogP contribution in [0.2, 0.25) is 5.02 Å². The highest BCUT2D eigenvalue weighted by Gasteiger charge is 2.17. The number of nitrogens with one attached hydrogen (secondary N) is 1. The minimum absolute atomic E-state index is 0.108. The van der Waals surface area contributed by atoms with E-state index in [1.54, 1.807) is 25.1 Å². The Bertz CT molecular complexity index is 763. The zero-order chi connectivity index (χ0) is 14.9. The van der Waals surface area contributed by atoms with Gasteiger partial charge in [0.25, 0.3) is 10.0 Å². The molecule has 3 N–H and O–H groups in total. The van der Waals surface area contributed by atoms with Crippen molar-refractivity contribution < 1.29 is 12.8 Å². The first-order valence-electron chi connectivity index (χ1n) is 5.64. The molecule has 2 aromatic rings. The summed E-state index contributed by atoms with van der Waals surface area (Å²) in [5.74, 6) is -0.782. The van der Waals surface area contributed by atoms with Gasteiger partial charge >= 0.3 is 0 Å². The highest BCUT2D eigenvalue weighted by molar-refractivity contribution is 7.92. The van der Waals surface area contributed by atoms with Gasteiger partial charge in [-0.1, -0.05) is 17.7 Å². The van der Waals surface area contributed by atoms with Crippen molar-refractivity contribution in [2.24, 2.45) is 0 Å². The van der Waals surface area contributed by atoms with E-state index in [0.29, 0.717) is 16.3 Å². The van der Waals surface area contributed by atoms with Crippen molar-refractivity contribution in [3.63, 3.8) is 0 Å². The molecule has 0 aliphatic carbocycles. The molecule has 106 valence electrons. The Labute approximate surface area is 121 Å². The number of anilines is 2. The standard InChI is InChI=1S/C13H12ClFN2O2S/c1-8-10(14)3-2-4-13(8)17-20(18,19)9-5-6-12(16)11(15)7-9/h2-7,17H,16H2,1H3. The second kappa shape index (κ2) is 5.30. The number of nitrogens with two attached hydrogens (primary N) is 1. The van der Waals surface area contributed by atoms with Crippen LogP contribution in [0.1, 0.15) is 5.56 Å². The number of halogens is 2. The molecule has 0 amide bonds. The van der Waals surface area contributed by atoms with Gasteiger partial charge in [-0.05, 0) is 42.8 Å². The van der Waals surface area contributed by atoms with Crippen molar-refractivity contribution in [3.05, 3.63) is 52.8 Å².